The molecule has 0 aliphatic carbocycles. The molecule has 0 spiro atoms. The number of benzene rings is 1. The van der Waals surface area contributed by atoms with Gasteiger partial charge in [-0.3, -0.25) is 4.79 Å². The number of piperidine rings is 1. The number of anilines is 1. The van der Waals surface area contributed by atoms with E-state index in [4.69, 9.17) is 4.98 Å². The zero-order valence-corrected chi connectivity index (χ0v) is 19.0. The number of hydrogen-bond donors (Lipinski definition) is 1. The van der Waals surface area contributed by atoms with Crippen LogP contribution in [0.3, 0.4) is 0 Å². The number of likely N-dealkylation sites (N-methyl/N-ethyl adjacent to an activating group) is 1. The maximum Gasteiger partial charge on any atom is 0.243 e. The first kappa shape index (κ1) is 21.7. The second-order valence-electron chi connectivity index (χ2n) is 8.45. The lowest BCUT2D eigenvalue weighted by molar-refractivity contribution is -0.126. The minimum Gasteiger partial charge on any atom is -0.373 e. The summed E-state index contributed by atoms with van der Waals surface area (Å²) in [5, 5.41) is 3.10. The molecule has 1 N–H and O–H groups in total. The average Bonchev–Trinajstić information content (AvgIpc) is 3.12. The molecule has 2 aromatic rings. The van der Waals surface area contributed by atoms with Crippen molar-refractivity contribution >= 4 is 21.7 Å². The van der Waals surface area contributed by atoms with Crippen molar-refractivity contribution in [2.24, 2.45) is 0 Å². The van der Waals surface area contributed by atoms with Crippen LogP contribution in [0.5, 0.6) is 0 Å². The number of hydrogen-bond acceptors (Lipinski definition) is 6. The Hall–Kier alpha value is -2.52. The van der Waals surface area contributed by atoms with E-state index in [9.17, 15) is 13.2 Å². The van der Waals surface area contributed by atoms with E-state index in [1.165, 1.54) is 0 Å². The van der Waals surface area contributed by atoms with Crippen molar-refractivity contribution in [1.29, 1.82) is 0 Å². The molecule has 2 aliphatic heterocycles. The van der Waals surface area contributed by atoms with Crippen molar-refractivity contribution in [3.63, 3.8) is 0 Å². The zero-order chi connectivity index (χ0) is 22.2. The number of nitrogens with one attached hydrogen (secondary N) is 1. The number of carbonyl (C=O) groups excluding carboxylic acids is 1. The maximum atomic E-state index is 13.0. The Bertz CT molecular complexity index is 1060. The molecule has 1 aromatic heterocycles. The van der Waals surface area contributed by atoms with E-state index in [0.29, 0.717) is 43.8 Å². The lowest BCUT2D eigenvalue weighted by atomic mass is 9.96. The average molecular weight is 444 g/mol. The molecule has 0 unspecified atom stereocenters. The second-order valence-corrected chi connectivity index (χ2v) is 10.4. The molecule has 1 atom stereocenters. The summed E-state index contributed by atoms with van der Waals surface area (Å²) in [6.45, 7) is 3.47. The third-order valence-electron chi connectivity index (χ3n) is 6.26. The Balaban J connectivity index is 1.50. The van der Waals surface area contributed by atoms with Gasteiger partial charge in [-0.05, 0) is 31.9 Å². The van der Waals surface area contributed by atoms with Crippen LogP contribution in [0.2, 0.25) is 0 Å². The van der Waals surface area contributed by atoms with E-state index >= 15 is 0 Å². The minimum absolute atomic E-state index is 0.0633. The van der Waals surface area contributed by atoms with Crippen molar-refractivity contribution in [3.05, 3.63) is 47.4 Å². The summed E-state index contributed by atoms with van der Waals surface area (Å²) in [6.07, 6.45) is 1.80. The van der Waals surface area contributed by atoms with Crippen molar-refractivity contribution in [2.75, 3.05) is 39.0 Å². The summed E-state index contributed by atoms with van der Waals surface area (Å²) >= 11 is 0. The van der Waals surface area contributed by atoms with E-state index in [0.717, 1.165) is 22.9 Å². The Morgan fingerprint density at radius 2 is 1.74 bits per heavy atom. The number of carbonyl (C=O) groups is 1. The molecule has 2 saturated heterocycles. The molecule has 0 saturated carbocycles. The maximum absolute atomic E-state index is 13.0. The fourth-order valence-electron chi connectivity index (χ4n) is 4.28. The SMILES string of the molecule is CNc1cc([C@H]2CC(=O)N(C)C2)nc(C2CCN(S(=O)(=O)c3ccc(C)cc3)CC2)n1. The number of sulfonamides is 1. The van der Waals surface area contributed by atoms with Gasteiger partial charge in [0.2, 0.25) is 15.9 Å². The smallest absolute Gasteiger partial charge is 0.243 e. The molecule has 31 heavy (non-hydrogen) atoms. The first-order valence-corrected chi connectivity index (χ1v) is 12.1. The molecule has 8 nitrogen and oxygen atoms in total. The van der Waals surface area contributed by atoms with Crippen LogP contribution in [0.1, 0.15) is 48.2 Å². The predicted octanol–water partition coefficient (Wildman–Crippen LogP) is 2.34. The number of aryl methyl sites for hydroxylation is 1. The van der Waals surface area contributed by atoms with Gasteiger partial charge < -0.3 is 10.2 Å². The van der Waals surface area contributed by atoms with Crippen LogP contribution >= 0.6 is 0 Å². The Morgan fingerprint density at radius 3 is 2.32 bits per heavy atom. The summed E-state index contributed by atoms with van der Waals surface area (Å²) in [5.41, 5.74) is 1.91. The Morgan fingerprint density at radius 1 is 1.06 bits per heavy atom. The van der Waals surface area contributed by atoms with Crippen LogP contribution in [0, 0.1) is 6.92 Å². The predicted molar refractivity (Wildman–Crippen MR) is 118 cm³/mol. The highest BCUT2D eigenvalue weighted by molar-refractivity contribution is 7.89. The Labute approximate surface area is 183 Å². The molecule has 4 rings (SSSR count). The molecule has 0 bridgehead atoms. The van der Waals surface area contributed by atoms with Crippen molar-refractivity contribution < 1.29 is 13.2 Å². The molecular weight excluding hydrogens is 414 g/mol. The van der Waals surface area contributed by atoms with Gasteiger partial charge in [-0.2, -0.15) is 4.31 Å². The summed E-state index contributed by atoms with van der Waals surface area (Å²) < 4.78 is 27.5. The fraction of sp³-hybridized carbons (Fsp3) is 0.500. The van der Waals surface area contributed by atoms with Crippen LogP contribution < -0.4 is 5.32 Å². The Kier molecular flexibility index (Phi) is 5.98. The highest BCUT2D eigenvalue weighted by atomic mass is 32.2. The van der Waals surface area contributed by atoms with Crippen LogP contribution in [0.25, 0.3) is 0 Å². The van der Waals surface area contributed by atoms with E-state index < -0.39 is 10.0 Å². The normalized spacial score (nSPS) is 20.9. The van der Waals surface area contributed by atoms with Gasteiger partial charge >= 0.3 is 0 Å². The third kappa shape index (κ3) is 4.43. The lowest BCUT2D eigenvalue weighted by Gasteiger charge is -2.31. The number of aromatic nitrogens is 2. The fourth-order valence-corrected chi connectivity index (χ4v) is 5.75. The van der Waals surface area contributed by atoms with Crippen molar-refractivity contribution in [2.45, 2.75) is 42.9 Å². The van der Waals surface area contributed by atoms with Gasteiger partial charge in [0.05, 0.1) is 10.6 Å². The highest BCUT2D eigenvalue weighted by Gasteiger charge is 2.33. The second kappa shape index (κ2) is 8.55. The molecule has 1 amide bonds. The molecule has 166 valence electrons. The largest absolute Gasteiger partial charge is 0.373 e. The van der Waals surface area contributed by atoms with Crippen LogP contribution in [0.4, 0.5) is 5.82 Å². The summed E-state index contributed by atoms with van der Waals surface area (Å²) in [6, 6.07) is 8.90. The van der Waals surface area contributed by atoms with E-state index in [2.05, 4.69) is 10.3 Å². The summed E-state index contributed by atoms with van der Waals surface area (Å²) in [7, 11) is 0.138. The van der Waals surface area contributed by atoms with Crippen molar-refractivity contribution in [1.82, 2.24) is 19.2 Å². The van der Waals surface area contributed by atoms with Gasteiger partial charge in [0.1, 0.15) is 11.6 Å². The van der Waals surface area contributed by atoms with Gasteiger partial charge in [0.15, 0.2) is 0 Å². The van der Waals surface area contributed by atoms with Crippen LogP contribution in [0.15, 0.2) is 35.2 Å². The first-order valence-electron chi connectivity index (χ1n) is 10.7. The molecule has 2 fully saturated rings. The third-order valence-corrected chi connectivity index (χ3v) is 8.17. The van der Waals surface area contributed by atoms with Gasteiger partial charge in [-0.15, -0.1) is 0 Å². The number of rotatable bonds is 5. The topological polar surface area (TPSA) is 95.5 Å². The summed E-state index contributed by atoms with van der Waals surface area (Å²) in [4.78, 5) is 23.5. The molecule has 2 aliphatic rings. The molecular formula is C22H29N5O3S. The standard InChI is InChI=1S/C22H29N5O3S/c1-15-4-6-18(7-5-15)31(29,30)27-10-8-16(9-11-27)22-24-19(13-20(23-2)25-22)17-12-21(28)26(3)14-17/h4-7,13,16-17H,8-12,14H2,1-3H3,(H,23,24,25)/t17-/m0/s1. The van der Waals surface area contributed by atoms with E-state index in [-0.39, 0.29) is 17.7 Å². The van der Waals surface area contributed by atoms with Crippen LogP contribution in [-0.2, 0) is 14.8 Å². The van der Waals surface area contributed by atoms with Crippen LogP contribution in [-0.4, -0.2) is 67.2 Å². The lowest BCUT2D eigenvalue weighted by Crippen LogP contribution is -2.38. The molecule has 0 radical (unpaired) electrons. The minimum atomic E-state index is -3.49. The van der Waals surface area contributed by atoms with Crippen molar-refractivity contribution in [3.8, 4) is 0 Å². The number of nitrogens with zero attached hydrogens (tertiary/aromatic N) is 4. The van der Waals surface area contributed by atoms with Gasteiger partial charge in [-0.1, -0.05) is 17.7 Å². The number of amides is 1. The van der Waals surface area contributed by atoms with Gasteiger partial charge in [-0.25, -0.2) is 18.4 Å². The summed E-state index contributed by atoms with van der Waals surface area (Å²) in [5.74, 6) is 1.75. The monoisotopic (exact) mass is 443 g/mol. The quantitative estimate of drug-likeness (QED) is 0.762. The molecule has 9 heteroatoms. The van der Waals surface area contributed by atoms with E-state index in [1.54, 1.807) is 21.3 Å². The highest BCUT2D eigenvalue weighted by Crippen LogP contribution is 2.32. The van der Waals surface area contributed by atoms with E-state index in [1.807, 2.05) is 39.2 Å². The number of likely N-dealkylation sites (tertiary alicyclic amines) is 1. The molecule has 3 heterocycles. The first-order chi connectivity index (χ1) is 14.8. The van der Waals surface area contributed by atoms with Gasteiger partial charge in [0, 0.05) is 58.1 Å². The van der Waals surface area contributed by atoms with Gasteiger partial charge in [0.25, 0.3) is 0 Å². The molecule has 1 aromatic carbocycles. The zero-order valence-electron chi connectivity index (χ0n) is 18.2.